The third kappa shape index (κ3) is 6.51. The van der Waals surface area contributed by atoms with Gasteiger partial charge in [0.05, 0.1) is 5.41 Å². The maximum absolute atomic E-state index is 2.53. The van der Waals surface area contributed by atoms with Crippen molar-refractivity contribution in [3.63, 3.8) is 0 Å². The highest BCUT2D eigenvalue weighted by atomic mass is 15.1. The predicted octanol–water partition coefficient (Wildman–Crippen LogP) is 16.3. The maximum Gasteiger partial charge on any atom is 0.0676 e. The number of hydrogen-bond donors (Lipinski definition) is 0. The zero-order valence-electron chi connectivity index (χ0n) is 34.5. The molecule has 1 nitrogen and oxygen atoms in total. The first-order chi connectivity index (χ1) is 30.8. The summed E-state index contributed by atoms with van der Waals surface area (Å²) in [5, 5.41) is 0. The number of benzene rings is 9. The quantitative estimate of drug-likeness (QED) is 0.141. The van der Waals surface area contributed by atoms with Crippen molar-refractivity contribution < 1.29 is 0 Å². The highest BCUT2D eigenvalue weighted by Crippen LogP contribution is 2.59. The number of hydrogen-bond acceptors (Lipinski definition) is 1. The molecular weight excluding hydrogens is 747 g/mol. The van der Waals surface area contributed by atoms with E-state index in [0.29, 0.717) is 0 Å². The molecule has 62 heavy (non-hydrogen) atoms. The first-order valence-electron chi connectivity index (χ1n) is 21.7. The average molecular weight is 792 g/mol. The zero-order chi connectivity index (χ0) is 41.3. The second-order valence-corrected chi connectivity index (χ2v) is 16.3. The molecule has 0 saturated heterocycles. The van der Waals surface area contributed by atoms with Crippen LogP contribution in [0.4, 0.5) is 17.1 Å². The van der Waals surface area contributed by atoms with Gasteiger partial charge in [-0.15, -0.1) is 0 Å². The highest BCUT2D eigenvalue weighted by Gasteiger charge is 2.47. The van der Waals surface area contributed by atoms with Gasteiger partial charge in [-0.2, -0.15) is 0 Å². The Labute approximate surface area is 365 Å². The molecule has 0 N–H and O–H groups in total. The Balaban J connectivity index is 1.07. The Hall–Kier alpha value is -7.74. The van der Waals surface area contributed by atoms with E-state index < -0.39 is 5.41 Å². The third-order valence-electron chi connectivity index (χ3n) is 12.9. The Bertz CT molecular complexity index is 2920. The number of fused-ring (bicyclic) bond motifs is 2. The van der Waals surface area contributed by atoms with Crippen LogP contribution in [0.1, 0.15) is 35.1 Å². The molecule has 0 heterocycles. The lowest BCUT2D eigenvalue weighted by Gasteiger charge is -2.36. The van der Waals surface area contributed by atoms with Crippen LogP contribution in [-0.4, -0.2) is 0 Å². The Kier molecular flexibility index (Phi) is 9.64. The molecule has 11 rings (SSSR count). The van der Waals surface area contributed by atoms with Gasteiger partial charge in [0.1, 0.15) is 0 Å². The number of allylic oxidation sites excluding steroid dienone is 4. The second-order valence-electron chi connectivity index (χ2n) is 16.3. The van der Waals surface area contributed by atoms with E-state index in [1.165, 1.54) is 77.9 Å². The van der Waals surface area contributed by atoms with Crippen LogP contribution in [0.3, 0.4) is 0 Å². The van der Waals surface area contributed by atoms with Gasteiger partial charge in [0, 0.05) is 17.1 Å². The Morgan fingerprint density at radius 1 is 0.339 bits per heavy atom. The summed E-state index contributed by atoms with van der Waals surface area (Å²) in [6.07, 6.45) is 6.81. The average Bonchev–Trinajstić information content (AvgIpc) is 3.66. The molecule has 0 spiro atoms. The minimum Gasteiger partial charge on any atom is -0.311 e. The first kappa shape index (κ1) is 37.3. The number of rotatable bonds is 9. The van der Waals surface area contributed by atoms with E-state index >= 15 is 0 Å². The van der Waals surface area contributed by atoms with E-state index in [1.54, 1.807) is 0 Å². The van der Waals surface area contributed by atoms with Crippen molar-refractivity contribution in [2.24, 2.45) is 0 Å². The summed E-state index contributed by atoms with van der Waals surface area (Å²) < 4.78 is 0. The Morgan fingerprint density at radius 3 is 1.18 bits per heavy atom. The summed E-state index contributed by atoms with van der Waals surface area (Å²) in [5.41, 5.74) is 20.7. The summed E-state index contributed by atoms with van der Waals surface area (Å²) in [6.45, 7) is 0. The molecule has 0 saturated carbocycles. The fraction of sp³-hybridized carbons (Fsp3) is 0.0492. The largest absolute Gasteiger partial charge is 0.311 e. The second kappa shape index (κ2) is 16.0. The Morgan fingerprint density at radius 2 is 0.710 bits per heavy atom. The summed E-state index contributed by atoms with van der Waals surface area (Å²) in [6, 6.07) is 86.7. The van der Waals surface area contributed by atoms with Crippen molar-refractivity contribution >= 4 is 22.6 Å². The van der Waals surface area contributed by atoms with Gasteiger partial charge in [0.2, 0.25) is 0 Å². The molecule has 0 amide bonds. The van der Waals surface area contributed by atoms with Crippen molar-refractivity contribution in [1.29, 1.82) is 0 Å². The van der Waals surface area contributed by atoms with Crippen molar-refractivity contribution in [1.82, 2.24) is 0 Å². The summed E-state index contributed by atoms with van der Waals surface area (Å²) in [4.78, 5) is 2.37. The first-order valence-corrected chi connectivity index (χ1v) is 21.7. The maximum atomic E-state index is 2.53. The molecule has 9 aromatic carbocycles. The summed E-state index contributed by atoms with van der Waals surface area (Å²) >= 11 is 0. The molecular formula is C61H45N. The molecule has 0 fully saturated rings. The van der Waals surface area contributed by atoms with E-state index in [1.807, 2.05) is 0 Å². The SMILES string of the molecule is C1=CC2=C(CC1)C(c1ccccc1)(c1ccccc1)c1cc(-c3ccc(N(c4ccc(-c5ccccc5)cc4)c4ccc(-c5ccccc5)cc4)cc3)c(-c3ccccc3)cc12. The van der Waals surface area contributed by atoms with E-state index in [9.17, 15) is 0 Å². The van der Waals surface area contributed by atoms with E-state index in [4.69, 9.17) is 0 Å². The van der Waals surface area contributed by atoms with Crippen LogP contribution in [0.5, 0.6) is 0 Å². The van der Waals surface area contributed by atoms with Gasteiger partial charge in [-0.25, -0.2) is 0 Å². The predicted molar refractivity (Wildman–Crippen MR) is 261 cm³/mol. The molecule has 0 aromatic heterocycles. The van der Waals surface area contributed by atoms with Gasteiger partial charge >= 0.3 is 0 Å². The van der Waals surface area contributed by atoms with Crippen molar-refractivity contribution in [2.75, 3.05) is 4.90 Å². The summed E-state index contributed by atoms with van der Waals surface area (Å²) in [5.74, 6) is 0. The lowest BCUT2D eigenvalue weighted by Crippen LogP contribution is -2.30. The van der Waals surface area contributed by atoms with E-state index in [2.05, 4.69) is 254 Å². The minimum atomic E-state index is -0.406. The van der Waals surface area contributed by atoms with Crippen LogP contribution in [-0.2, 0) is 5.41 Å². The molecule has 0 aliphatic heterocycles. The van der Waals surface area contributed by atoms with Crippen LogP contribution in [0.2, 0.25) is 0 Å². The van der Waals surface area contributed by atoms with Crippen LogP contribution < -0.4 is 4.90 Å². The smallest absolute Gasteiger partial charge is 0.0676 e. The van der Waals surface area contributed by atoms with Crippen LogP contribution in [0.25, 0.3) is 50.1 Å². The van der Waals surface area contributed by atoms with Crippen molar-refractivity contribution in [2.45, 2.75) is 18.3 Å². The van der Waals surface area contributed by atoms with Gasteiger partial charge in [-0.3, -0.25) is 0 Å². The van der Waals surface area contributed by atoms with Crippen LogP contribution in [0.15, 0.2) is 254 Å². The standard InChI is InChI=1S/C61H45N/c1-6-18-44(19-7-1)46-30-36-52(37-31-46)62(53-38-32-47(33-39-53)45-20-8-2-9-21-45)54-40-34-49(35-41-54)57-43-60-58(42-56(57)48-22-10-3-11-23-48)55-28-16-17-29-59(55)61(60,50-24-12-4-13-25-50)51-26-14-5-15-27-51/h1-16,18-28,30-43H,17,29H2. The topological polar surface area (TPSA) is 3.24 Å². The van der Waals surface area contributed by atoms with Crippen LogP contribution >= 0.6 is 0 Å². The third-order valence-corrected chi connectivity index (χ3v) is 12.9. The molecule has 294 valence electrons. The van der Waals surface area contributed by atoms with Crippen molar-refractivity contribution in [3.8, 4) is 44.5 Å². The molecule has 1 heteroatoms. The highest BCUT2D eigenvalue weighted by molar-refractivity contribution is 5.96. The number of anilines is 3. The molecule has 0 radical (unpaired) electrons. The van der Waals surface area contributed by atoms with Crippen LogP contribution in [0, 0.1) is 0 Å². The lowest BCUT2D eigenvalue weighted by atomic mass is 9.65. The minimum absolute atomic E-state index is 0.406. The molecule has 0 unspecified atom stereocenters. The normalized spacial score (nSPS) is 13.7. The van der Waals surface area contributed by atoms with E-state index in [0.717, 1.165) is 29.9 Å². The molecule has 2 aliphatic rings. The lowest BCUT2D eigenvalue weighted by molar-refractivity contribution is 0.697. The fourth-order valence-electron chi connectivity index (χ4n) is 10.0. The fourth-order valence-corrected chi connectivity index (χ4v) is 10.0. The molecule has 0 atom stereocenters. The molecule has 2 aliphatic carbocycles. The monoisotopic (exact) mass is 791 g/mol. The van der Waals surface area contributed by atoms with Gasteiger partial charge < -0.3 is 4.90 Å². The van der Waals surface area contributed by atoms with Gasteiger partial charge in [-0.1, -0.05) is 200 Å². The van der Waals surface area contributed by atoms with Crippen molar-refractivity contribution in [3.05, 3.63) is 277 Å². The molecule has 9 aromatic rings. The summed E-state index contributed by atoms with van der Waals surface area (Å²) in [7, 11) is 0. The van der Waals surface area contributed by atoms with Gasteiger partial charge in [0.15, 0.2) is 0 Å². The zero-order valence-corrected chi connectivity index (χ0v) is 34.5. The van der Waals surface area contributed by atoms with E-state index in [-0.39, 0.29) is 0 Å². The van der Waals surface area contributed by atoms with Gasteiger partial charge in [-0.05, 0) is 139 Å². The molecule has 0 bridgehead atoms. The number of nitrogens with zero attached hydrogens (tertiary/aromatic N) is 1. The van der Waals surface area contributed by atoms with Gasteiger partial charge in [0.25, 0.3) is 0 Å².